The van der Waals surface area contributed by atoms with Gasteiger partial charge in [-0.15, -0.1) is 11.3 Å². The van der Waals surface area contributed by atoms with Crippen molar-refractivity contribution in [3.8, 4) is 10.6 Å². The van der Waals surface area contributed by atoms with Gasteiger partial charge in [0.1, 0.15) is 22.4 Å². The van der Waals surface area contributed by atoms with Gasteiger partial charge in [-0.2, -0.15) is 4.98 Å². The summed E-state index contributed by atoms with van der Waals surface area (Å²) in [5.41, 5.74) is 2.88. The van der Waals surface area contributed by atoms with E-state index in [-0.39, 0.29) is 6.61 Å². The number of aromatic nitrogens is 4. The second-order valence-electron chi connectivity index (χ2n) is 9.75. The molecule has 5 N–H and O–H groups in total. The van der Waals surface area contributed by atoms with Crippen LogP contribution in [0.5, 0.6) is 0 Å². The number of aliphatic hydroxyl groups excluding tert-OH is 3. The molecule has 3 aromatic heterocycles. The molecule has 0 spiro atoms. The van der Waals surface area contributed by atoms with Crippen LogP contribution >= 0.6 is 11.3 Å². The van der Waals surface area contributed by atoms with Gasteiger partial charge in [0.15, 0.2) is 0 Å². The molecule has 4 aromatic rings. The highest BCUT2D eigenvalue weighted by molar-refractivity contribution is 7.21. The van der Waals surface area contributed by atoms with Crippen molar-refractivity contribution in [2.45, 2.75) is 51.0 Å². The number of rotatable bonds is 7. The van der Waals surface area contributed by atoms with E-state index in [0.29, 0.717) is 18.2 Å². The lowest BCUT2D eigenvalue weighted by atomic mass is 9.94. The number of benzene rings is 1. The summed E-state index contributed by atoms with van der Waals surface area (Å²) in [5, 5.41) is 38.2. The maximum absolute atomic E-state index is 10.7. The summed E-state index contributed by atoms with van der Waals surface area (Å²) in [7, 11) is 0. The summed E-state index contributed by atoms with van der Waals surface area (Å²) >= 11 is 1.52. The van der Waals surface area contributed by atoms with Gasteiger partial charge in [-0.3, -0.25) is 4.98 Å². The summed E-state index contributed by atoms with van der Waals surface area (Å²) in [5.74, 6) is 0.532. The quantitative estimate of drug-likeness (QED) is 0.256. The Hall–Kier alpha value is -3.18. The number of pyridine rings is 1. The van der Waals surface area contributed by atoms with Gasteiger partial charge in [-0.25, -0.2) is 9.97 Å². The summed E-state index contributed by atoms with van der Waals surface area (Å²) in [6.07, 6.45) is 1.81. The van der Waals surface area contributed by atoms with Gasteiger partial charge >= 0.3 is 0 Å². The number of thiazole rings is 1. The lowest BCUT2D eigenvalue weighted by Gasteiger charge is -2.28. The molecule has 1 aromatic carbocycles. The predicted octanol–water partition coefficient (Wildman–Crippen LogP) is 3.32. The molecule has 0 radical (unpaired) electrons. The van der Waals surface area contributed by atoms with E-state index in [2.05, 4.69) is 29.5 Å². The van der Waals surface area contributed by atoms with Crippen LogP contribution in [0.2, 0.25) is 0 Å². The van der Waals surface area contributed by atoms with Crippen molar-refractivity contribution in [1.82, 2.24) is 19.9 Å². The SMILES string of the molecule is Cc1nc(NC(C)(C)c2ccccc2)nc(N[C@@H]2C[C@H](CO)[C@@H](O)[C@H]2O)c1-c1nc2cnccc2s1. The number of nitrogens with one attached hydrogen (secondary N) is 2. The maximum Gasteiger partial charge on any atom is 0.225 e. The molecule has 0 unspecified atom stereocenters. The van der Waals surface area contributed by atoms with Gasteiger partial charge < -0.3 is 26.0 Å². The Balaban J connectivity index is 1.56. The molecule has 0 aliphatic heterocycles. The number of anilines is 2. The van der Waals surface area contributed by atoms with E-state index < -0.39 is 29.7 Å². The Morgan fingerprint density at radius 1 is 1.06 bits per heavy atom. The van der Waals surface area contributed by atoms with Crippen molar-refractivity contribution < 1.29 is 15.3 Å². The Kier molecular flexibility index (Phi) is 6.60. The zero-order chi connectivity index (χ0) is 25.4. The van der Waals surface area contributed by atoms with E-state index in [9.17, 15) is 15.3 Å². The Morgan fingerprint density at radius 2 is 1.83 bits per heavy atom. The van der Waals surface area contributed by atoms with Crippen LogP contribution in [-0.2, 0) is 5.54 Å². The van der Waals surface area contributed by atoms with Crippen LogP contribution in [0.4, 0.5) is 11.8 Å². The first-order valence-electron chi connectivity index (χ1n) is 11.9. The predicted molar refractivity (Wildman–Crippen MR) is 141 cm³/mol. The van der Waals surface area contributed by atoms with E-state index in [1.54, 1.807) is 12.4 Å². The fraction of sp³-hybridized carbons (Fsp3) is 0.385. The third-order valence-corrected chi connectivity index (χ3v) is 7.83. The highest BCUT2D eigenvalue weighted by Crippen LogP contribution is 2.38. The molecule has 3 heterocycles. The van der Waals surface area contributed by atoms with Crippen molar-refractivity contribution in [1.29, 1.82) is 0 Å². The molecule has 1 aliphatic rings. The second-order valence-corrected chi connectivity index (χ2v) is 10.8. The zero-order valence-electron chi connectivity index (χ0n) is 20.4. The monoisotopic (exact) mass is 506 g/mol. The molecular weight excluding hydrogens is 476 g/mol. The Labute approximate surface area is 213 Å². The molecule has 9 nitrogen and oxygen atoms in total. The normalized spacial score (nSPS) is 22.2. The molecular formula is C26H30N6O3S. The molecule has 1 saturated carbocycles. The fourth-order valence-corrected chi connectivity index (χ4v) is 5.74. The molecule has 0 bridgehead atoms. The zero-order valence-corrected chi connectivity index (χ0v) is 21.2. The van der Waals surface area contributed by atoms with Crippen molar-refractivity contribution in [3.05, 3.63) is 60.0 Å². The third kappa shape index (κ3) is 4.64. The highest BCUT2D eigenvalue weighted by Gasteiger charge is 2.41. The average Bonchev–Trinajstić information content (AvgIpc) is 3.40. The molecule has 1 fully saturated rings. The average molecular weight is 507 g/mol. The number of fused-ring (bicyclic) bond motifs is 1. The van der Waals surface area contributed by atoms with Crippen molar-refractivity contribution in [3.63, 3.8) is 0 Å². The van der Waals surface area contributed by atoms with Gasteiger partial charge in [0.25, 0.3) is 0 Å². The van der Waals surface area contributed by atoms with Gasteiger partial charge in [0.05, 0.1) is 39.8 Å². The van der Waals surface area contributed by atoms with Crippen molar-refractivity contribution >= 4 is 33.3 Å². The number of aliphatic hydroxyl groups is 3. The first-order chi connectivity index (χ1) is 17.3. The summed E-state index contributed by atoms with van der Waals surface area (Å²) in [4.78, 5) is 18.5. The standard InChI is InChI=1S/C26H30N6O3S/c1-14-20(24-30-18-12-27-10-9-19(18)36-24)23(29-17-11-15(13-33)21(34)22(17)35)31-25(28-14)32-26(2,3)16-7-5-4-6-8-16/h4-10,12,15,17,21-22,33-35H,11,13H2,1-3H3,(H2,28,29,31,32)/t15-,17-,21-,22+/m1/s1. The van der Waals surface area contributed by atoms with E-state index in [1.807, 2.05) is 43.3 Å². The minimum atomic E-state index is -1.04. The Bertz CT molecular complexity index is 1330. The molecule has 5 rings (SSSR count). The van der Waals surface area contributed by atoms with Crippen LogP contribution in [0.15, 0.2) is 48.8 Å². The van der Waals surface area contributed by atoms with Crippen LogP contribution in [0.3, 0.4) is 0 Å². The topological polar surface area (TPSA) is 136 Å². The van der Waals surface area contributed by atoms with Crippen LogP contribution in [0.25, 0.3) is 20.8 Å². The number of hydrogen-bond donors (Lipinski definition) is 5. The molecule has 1 aliphatic carbocycles. The largest absolute Gasteiger partial charge is 0.396 e. The summed E-state index contributed by atoms with van der Waals surface area (Å²) in [6, 6.07) is 11.5. The van der Waals surface area contributed by atoms with E-state index >= 15 is 0 Å². The fourth-order valence-electron chi connectivity index (χ4n) is 4.71. The van der Waals surface area contributed by atoms with Crippen molar-refractivity contribution in [2.75, 3.05) is 17.2 Å². The molecule has 36 heavy (non-hydrogen) atoms. The van der Waals surface area contributed by atoms with E-state index in [0.717, 1.165) is 32.0 Å². The lowest BCUT2D eigenvalue weighted by molar-refractivity contribution is 0.00446. The first-order valence-corrected chi connectivity index (χ1v) is 12.8. The molecule has 10 heteroatoms. The van der Waals surface area contributed by atoms with Crippen LogP contribution < -0.4 is 10.6 Å². The van der Waals surface area contributed by atoms with Gasteiger partial charge in [0.2, 0.25) is 5.95 Å². The van der Waals surface area contributed by atoms with E-state index in [1.165, 1.54) is 11.3 Å². The summed E-state index contributed by atoms with van der Waals surface area (Å²) in [6.45, 7) is 5.83. The number of nitrogens with zero attached hydrogens (tertiary/aromatic N) is 4. The molecule has 0 saturated heterocycles. The van der Waals surface area contributed by atoms with Gasteiger partial charge in [0, 0.05) is 18.7 Å². The van der Waals surface area contributed by atoms with Gasteiger partial charge in [-0.1, -0.05) is 30.3 Å². The van der Waals surface area contributed by atoms with Crippen LogP contribution in [0, 0.1) is 12.8 Å². The second kappa shape index (κ2) is 9.70. The number of aryl methyl sites for hydroxylation is 1. The minimum Gasteiger partial charge on any atom is -0.396 e. The molecule has 4 atom stereocenters. The third-order valence-electron chi connectivity index (χ3n) is 6.77. The first kappa shape index (κ1) is 24.5. The van der Waals surface area contributed by atoms with Crippen molar-refractivity contribution in [2.24, 2.45) is 5.92 Å². The lowest BCUT2D eigenvalue weighted by Crippen LogP contribution is -2.36. The summed E-state index contributed by atoms with van der Waals surface area (Å²) < 4.78 is 0.995. The van der Waals surface area contributed by atoms with Gasteiger partial charge in [-0.05, 0) is 38.8 Å². The van der Waals surface area contributed by atoms with Crippen LogP contribution in [0.1, 0.15) is 31.5 Å². The molecule has 188 valence electrons. The van der Waals surface area contributed by atoms with Crippen LogP contribution in [-0.4, -0.2) is 60.1 Å². The highest BCUT2D eigenvalue weighted by atomic mass is 32.1. The number of hydrogen-bond acceptors (Lipinski definition) is 10. The molecule has 0 amide bonds. The van der Waals surface area contributed by atoms with E-state index in [4.69, 9.17) is 15.0 Å². The minimum absolute atomic E-state index is 0.199. The smallest absolute Gasteiger partial charge is 0.225 e. The maximum atomic E-state index is 10.7. The Morgan fingerprint density at radius 3 is 2.53 bits per heavy atom.